The molecule has 5 rings (SSSR count). The minimum absolute atomic E-state index is 0.107. The van der Waals surface area contributed by atoms with E-state index in [1.807, 2.05) is 51.1 Å². The van der Waals surface area contributed by atoms with Crippen LogP contribution in [0.1, 0.15) is 41.8 Å². The van der Waals surface area contributed by atoms with Crippen molar-refractivity contribution in [2.24, 2.45) is 0 Å². The number of fused-ring (bicyclic) bond motifs is 1. The Bertz CT molecular complexity index is 1650. The van der Waals surface area contributed by atoms with Gasteiger partial charge in [-0.1, -0.05) is 29.8 Å². The Morgan fingerprint density at radius 1 is 1.03 bits per heavy atom. The number of pyridine rings is 2. The highest BCUT2D eigenvalue weighted by atomic mass is 32.2. The van der Waals surface area contributed by atoms with E-state index in [0.29, 0.717) is 46.8 Å². The summed E-state index contributed by atoms with van der Waals surface area (Å²) >= 11 is 0. The fourth-order valence-electron chi connectivity index (χ4n) is 5.28. The van der Waals surface area contributed by atoms with Gasteiger partial charge in [-0.3, -0.25) is 9.78 Å². The van der Waals surface area contributed by atoms with Crippen molar-refractivity contribution < 1.29 is 22.7 Å². The molecule has 0 spiro atoms. The molecule has 196 valence electrons. The monoisotopic (exact) mass is 530 g/mol. The zero-order valence-electron chi connectivity index (χ0n) is 21.9. The van der Waals surface area contributed by atoms with Crippen LogP contribution in [0.25, 0.3) is 10.9 Å². The standard InChI is InChI=1S/C30H30N2O5S/c1-5-37-29-11-7-9-25(32-29)23-17-30(23,22-16-19(2)12-15-26(22)36-4)28(33)18-38(34,35)27-10-6-8-24-21(27)14-13-20(3)31-24/h6-16,23H,5,17-18H2,1-4H3/t23-,30-/m1/s1. The summed E-state index contributed by atoms with van der Waals surface area (Å²) in [4.78, 5) is 23.4. The molecule has 1 aliphatic carbocycles. The van der Waals surface area contributed by atoms with Gasteiger partial charge in [0.25, 0.3) is 0 Å². The Morgan fingerprint density at radius 3 is 2.58 bits per heavy atom. The maximum Gasteiger partial charge on any atom is 0.213 e. The van der Waals surface area contributed by atoms with Gasteiger partial charge in [0.15, 0.2) is 15.6 Å². The maximum atomic E-state index is 14.2. The highest BCUT2D eigenvalue weighted by Crippen LogP contribution is 2.63. The van der Waals surface area contributed by atoms with Crippen molar-refractivity contribution in [3.8, 4) is 11.6 Å². The molecule has 8 heteroatoms. The summed E-state index contributed by atoms with van der Waals surface area (Å²) in [6.07, 6.45) is 0.431. The van der Waals surface area contributed by atoms with Crippen molar-refractivity contribution in [2.75, 3.05) is 19.5 Å². The maximum absolute atomic E-state index is 14.2. The number of aromatic nitrogens is 2. The molecule has 0 amide bonds. The average molecular weight is 531 g/mol. The summed E-state index contributed by atoms with van der Waals surface area (Å²) in [5, 5.41) is 0.506. The smallest absolute Gasteiger partial charge is 0.213 e. The quantitative estimate of drug-likeness (QED) is 0.296. The van der Waals surface area contributed by atoms with Gasteiger partial charge in [0.05, 0.1) is 29.5 Å². The van der Waals surface area contributed by atoms with E-state index < -0.39 is 21.0 Å². The molecule has 2 aromatic carbocycles. The lowest BCUT2D eigenvalue weighted by molar-refractivity contribution is -0.119. The van der Waals surface area contributed by atoms with Gasteiger partial charge >= 0.3 is 0 Å². The van der Waals surface area contributed by atoms with Crippen molar-refractivity contribution in [1.29, 1.82) is 0 Å². The van der Waals surface area contributed by atoms with Crippen molar-refractivity contribution in [3.63, 3.8) is 0 Å². The van der Waals surface area contributed by atoms with Gasteiger partial charge in [-0.05, 0) is 63.6 Å². The van der Waals surface area contributed by atoms with Gasteiger partial charge in [0.1, 0.15) is 11.5 Å². The van der Waals surface area contributed by atoms with Crippen molar-refractivity contribution >= 4 is 26.5 Å². The molecule has 4 aromatic rings. The van der Waals surface area contributed by atoms with Crippen LogP contribution in [0, 0.1) is 13.8 Å². The first-order valence-electron chi connectivity index (χ1n) is 12.6. The van der Waals surface area contributed by atoms with E-state index in [4.69, 9.17) is 9.47 Å². The number of Topliss-reactive ketones (excluding diaryl/α,β-unsaturated/α-hetero) is 1. The summed E-state index contributed by atoms with van der Waals surface area (Å²) < 4.78 is 38.7. The van der Waals surface area contributed by atoms with Crippen LogP contribution >= 0.6 is 0 Å². The molecule has 0 unspecified atom stereocenters. The molecular weight excluding hydrogens is 500 g/mol. The summed E-state index contributed by atoms with van der Waals surface area (Å²) in [6.45, 7) is 6.14. The van der Waals surface area contributed by atoms with E-state index in [-0.39, 0.29) is 16.6 Å². The number of benzene rings is 2. The summed E-state index contributed by atoms with van der Waals surface area (Å²) in [6, 6.07) is 19.6. The van der Waals surface area contributed by atoms with Gasteiger partial charge in [-0.2, -0.15) is 0 Å². The van der Waals surface area contributed by atoms with Crippen molar-refractivity contribution in [3.05, 3.63) is 89.2 Å². The topological polar surface area (TPSA) is 95.5 Å². The van der Waals surface area contributed by atoms with Crippen LogP contribution in [0.5, 0.6) is 11.6 Å². The molecular formula is C30H30N2O5S. The van der Waals surface area contributed by atoms with Crippen molar-refractivity contribution in [1.82, 2.24) is 9.97 Å². The molecule has 2 heterocycles. The summed E-state index contributed by atoms with van der Waals surface area (Å²) in [5.41, 5.74) is 2.61. The van der Waals surface area contributed by atoms with Gasteiger partial charge < -0.3 is 9.47 Å². The van der Waals surface area contributed by atoms with Crippen LogP contribution in [0.4, 0.5) is 0 Å². The Balaban J connectivity index is 1.59. The van der Waals surface area contributed by atoms with Crippen LogP contribution < -0.4 is 9.47 Å². The fourth-order valence-corrected chi connectivity index (χ4v) is 6.83. The number of aryl methyl sites for hydroxylation is 2. The molecule has 1 saturated carbocycles. The first-order chi connectivity index (χ1) is 18.2. The highest BCUT2D eigenvalue weighted by molar-refractivity contribution is 7.92. The largest absolute Gasteiger partial charge is 0.496 e. The average Bonchev–Trinajstić information content (AvgIpc) is 3.65. The van der Waals surface area contributed by atoms with Gasteiger partial charge in [-0.15, -0.1) is 0 Å². The lowest BCUT2D eigenvalue weighted by atomic mass is 9.86. The SMILES string of the molecule is CCOc1cccc([C@H]2C[C@@]2(C(=O)CS(=O)(=O)c2cccc3nc(C)ccc23)c2cc(C)ccc2OC)n1. The molecule has 1 fully saturated rings. The number of ketones is 1. The van der Waals surface area contributed by atoms with E-state index in [2.05, 4.69) is 9.97 Å². The molecule has 0 saturated heterocycles. The van der Waals surface area contributed by atoms with Crippen LogP contribution in [0.15, 0.2) is 71.6 Å². The third-order valence-corrected chi connectivity index (χ3v) is 8.84. The minimum Gasteiger partial charge on any atom is -0.496 e. The third-order valence-electron chi connectivity index (χ3n) is 7.18. The van der Waals surface area contributed by atoms with Crippen molar-refractivity contribution in [2.45, 2.75) is 43.4 Å². The molecule has 0 aliphatic heterocycles. The zero-order chi connectivity index (χ0) is 27.1. The Kier molecular flexibility index (Phi) is 6.69. The number of carbonyl (C=O) groups is 1. The number of hydrogen-bond acceptors (Lipinski definition) is 7. The van der Waals surface area contributed by atoms with Crippen LogP contribution in [-0.2, 0) is 20.0 Å². The Labute approximate surface area is 222 Å². The number of hydrogen-bond donors (Lipinski definition) is 0. The number of sulfone groups is 1. The van der Waals surface area contributed by atoms with Gasteiger partial charge in [0.2, 0.25) is 5.88 Å². The molecule has 1 aliphatic rings. The van der Waals surface area contributed by atoms with E-state index in [1.54, 1.807) is 43.5 Å². The Hall–Kier alpha value is -3.78. The second-order valence-corrected chi connectivity index (χ2v) is 11.7. The number of rotatable bonds is 9. The first-order valence-corrected chi connectivity index (χ1v) is 14.2. The Morgan fingerprint density at radius 2 is 1.82 bits per heavy atom. The number of nitrogens with zero attached hydrogens (tertiary/aromatic N) is 2. The summed E-state index contributed by atoms with van der Waals surface area (Å²) in [7, 11) is -2.42. The van der Waals surface area contributed by atoms with E-state index in [0.717, 1.165) is 11.3 Å². The number of ether oxygens (including phenoxy) is 2. The fraction of sp³-hybridized carbons (Fsp3) is 0.300. The van der Waals surface area contributed by atoms with Crippen LogP contribution in [-0.4, -0.2) is 43.6 Å². The second-order valence-electron chi connectivity index (χ2n) is 9.72. The highest BCUT2D eigenvalue weighted by Gasteiger charge is 2.63. The van der Waals surface area contributed by atoms with Crippen LogP contribution in [0.3, 0.4) is 0 Å². The first kappa shape index (κ1) is 25.9. The molecule has 0 bridgehead atoms. The predicted molar refractivity (Wildman–Crippen MR) is 146 cm³/mol. The molecule has 0 N–H and O–H groups in total. The lowest BCUT2D eigenvalue weighted by Gasteiger charge is -2.21. The number of methoxy groups -OCH3 is 1. The normalized spacial score (nSPS) is 18.8. The van der Waals surface area contributed by atoms with E-state index >= 15 is 0 Å². The van der Waals surface area contributed by atoms with E-state index in [9.17, 15) is 13.2 Å². The van der Waals surface area contributed by atoms with Gasteiger partial charge in [0, 0.05) is 34.3 Å². The van der Waals surface area contributed by atoms with Crippen LogP contribution in [0.2, 0.25) is 0 Å². The van der Waals surface area contributed by atoms with Gasteiger partial charge in [-0.25, -0.2) is 13.4 Å². The molecule has 2 aromatic heterocycles. The molecule has 0 radical (unpaired) electrons. The predicted octanol–water partition coefficient (Wildman–Crippen LogP) is 5.12. The minimum atomic E-state index is -3.98. The third kappa shape index (κ3) is 4.53. The second kappa shape index (κ2) is 9.83. The zero-order valence-corrected chi connectivity index (χ0v) is 22.7. The summed E-state index contributed by atoms with van der Waals surface area (Å²) in [5.74, 6) is -0.306. The molecule has 38 heavy (non-hydrogen) atoms. The molecule has 2 atom stereocenters. The number of carbonyl (C=O) groups excluding carboxylic acids is 1. The van der Waals surface area contributed by atoms with E-state index in [1.165, 1.54) is 0 Å². The lowest BCUT2D eigenvalue weighted by Crippen LogP contribution is -2.30. The molecule has 7 nitrogen and oxygen atoms in total.